The molecule has 0 saturated heterocycles. The van der Waals surface area contributed by atoms with E-state index in [0.29, 0.717) is 0 Å². The van der Waals surface area contributed by atoms with Gasteiger partial charge in [-0.1, -0.05) is 24.3 Å². The van der Waals surface area contributed by atoms with Crippen LogP contribution in [0.25, 0.3) is 27.9 Å². The van der Waals surface area contributed by atoms with E-state index in [1.54, 1.807) is 0 Å². The van der Waals surface area contributed by atoms with Crippen molar-refractivity contribution in [2.75, 3.05) is 5.32 Å². The van der Waals surface area contributed by atoms with Crippen molar-refractivity contribution >= 4 is 45.0 Å². The smallest absolute Gasteiger partial charge is 0.140 e. The van der Waals surface area contributed by atoms with Crippen LogP contribution in [0, 0.1) is 3.57 Å². The molecular weight excluding hydrogens is 423 g/mol. The van der Waals surface area contributed by atoms with Crippen LogP contribution in [0.5, 0.6) is 0 Å². The molecule has 0 fully saturated rings. The van der Waals surface area contributed by atoms with Crippen LogP contribution < -0.4 is 5.32 Å². The number of hydrogen-bond acceptors (Lipinski definition) is 3. The van der Waals surface area contributed by atoms with Crippen LogP contribution in [0.2, 0.25) is 0 Å². The molecule has 4 nitrogen and oxygen atoms in total. The van der Waals surface area contributed by atoms with Gasteiger partial charge < -0.3 is 5.32 Å². The molecule has 4 aromatic rings. The Morgan fingerprint density at radius 1 is 0.960 bits per heavy atom. The maximum Gasteiger partial charge on any atom is 0.140 e. The SMILES string of the molecule is CC(C)(C)Nc1c(-c2ccc3ccccc3n2)nc2ccc(I)cn12. The van der Waals surface area contributed by atoms with Gasteiger partial charge in [0.05, 0.1) is 11.2 Å². The number of hydrogen-bond donors (Lipinski definition) is 1. The maximum absolute atomic E-state index is 4.85. The third kappa shape index (κ3) is 3.20. The lowest BCUT2D eigenvalue weighted by Crippen LogP contribution is -2.27. The second-order valence-corrected chi connectivity index (χ2v) is 8.39. The molecule has 126 valence electrons. The Kier molecular flexibility index (Phi) is 3.91. The number of halogens is 1. The maximum atomic E-state index is 4.85. The molecule has 0 aliphatic rings. The summed E-state index contributed by atoms with van der Waals surface area (Å²) in [5.41, 5.74) is 3.57. The van der Waals surface area contributed by atoms with Crippen molar-refractivity contribution < 1.29 is 0 Å². The van der Waals surface area contributed by atoms with Crippen molar-refractivity contribution in [3.05, 3.63) is 58.3 Å². The van der Waals surface area contributed by atoms with E-state index in [1.807, 2.05) is 30.3 Å². The van der Waals surface area contributed by atoms with Crippen LogP contribution in [0.4, 0.5) is 5.82 Å². The molecule has 3 heterocycles. The fourth-order valence-electron chi connectivity index (χ4n) is 2.87. The second kappa shape index (κ2) is 5.98. The standard InChI is InChI=1S/C20H19IN4/c1-20(2,3)24-19-18(23-17-11-9-14(21)12-25(17)19)16-10-8-13-6-4-5-7-15(13)22-16/h4-12,24H,1-3H3. The van der Waals surface area contributed by atoms with E-state index < -0.39 is 0 Å². The lowest BCUT2D eigenvalue weighted by molar-refractivity contribution is 0.629. The summed E-state index contributed by atoms with van der Waals surface area (Å²) >= 11 is 2.33. The summed E-state index contributed by atoms with van der Waals surface area (Å²) in [6, 6.07) is 16.4. The van der Waals surface area contributed by atoms with Crippen LogP contribution in [0.3, 0.4) is 0 Å². The summed E-state index contributed by atoms with van der Waals surface area (Å²) in [5, 5.41) is 4.74. The first-order valence-electron chi connectivity index (χ1n) is 8.23. The monoisotopic (exact) mass is 442 g/mol. The van der Waals surface area contributed by atoms with Gasteiger partial charge in [-0.2, -0.15) is 0 Å². The van der Waals surface area contributed by atoms with Crippen LogP contribution >= 0.6 is 22.6 Å². The Morgan fingerprint density at radius 3 is 2.56 bits per heavy atom. The van der Waals surface area contributed by atoms with Crippen LogP contribution in [-0.4, -0.2) is 19.9 Å². The van der Waals surface area contributed by atoms with Gasteiger partial charge >= 0.3 is 0 Å². The largest absolute Gasteiger partial charge is 0.365 e. The molecule has 1 aromatic carbocycles. The predicted molar refractivity (Wildman–Crippen MR) is 112 cm³/mol. The van der Waals surface area contributed by atoms with Gasteiger partial charge in [-0.05, 0) is 67.6 Å². The zero-order valence-corrected chi connectivity index (χ0v) is 16.6. The highest BCUT2D eigenvalue weighted by molar-refractivity contribution is 14.1. The molecule has 0 amide bonds. The third-order valence-corrected chi connectivity index (χ3v) is 4.55. The molecule has 0 aliphatic heterocycles. The lowest BCUT2D eigenvalue weighted by atomic mass is 10.1. The van der Waals surface area contributed by atoms with Crippen LogP contribution in [0.15, 0.2) is 54.7 Å². The Bertz CT molecular complexity index is 1080. The van der Waals surface area contributed by atoms with Crippen molar-refractivity contribution in [2.45, 2.75) is 26.3 Å². The highest BCUT2D eigenvalue weighted by Crippen LogP contribution is 2.31. The summed E-state index contributed by atoms with van der Waals surface area (Å²) in [7, 11) is 0. The van der Waals surface area contributed by atoms with Gasteiger partial charge in [0.1, 0.15) is 17.2 Å². The zero-order chi connectivity index (χ0) is 17.6. The van der Waals surface area contributed by atoms with Gasteiger partial charge in [0.2, 0.25) is 0 Å². The average molecular weight is 442 g/mol. The fourth-order valence-corrected chi connectivity index (χ4v) is 3.33. The van der Waals surface area contributed by atoms with Crippen LogP contribution in [0.1, 0.15) is 20.8 Å². The van der Waals surface area contributed by atoms with Crippen LogP contribution in [-0.2, 0) is 0 Å². The fraction of sp³-hybridized carbons (Fsp3) is 0.200. The predicted octanol–water partition coefficient (Wildman–Crippen LogP) is 5.36. The van der Waals surface area contributed by atoms with E-state index in [2.05, 4.69) is 77.5 Å². The molecule has 4 rings (SSSR count). The minimum Gasteiger partial charge on any atom is -0.365 e. The van der Waals surface area contributed by atoms with E-state index >= 15 is 0 Å². The van der Waals surface area contributed by atoms with E-state index in [-0.39, 0.29) is 5.54 Å². The number of imidazole rings is 1. The summed E-state index contributed by atoms with van der Waals surface area (Å²) < 4.78 is 3.27. The molecule has 0 aliphatic carbocycles. The number of para-hydroxylation sites is 1. The van der Waals surface area contributed by atoms with Gasteiger partial charge in [0.25, 0.3) is 0 Å². The molecule has 1 N–H and O–H groups in total. The van der Waals surface area contributed by atoms with E-state index in [1.165, 1.54) is 0 Å². The first-order valence-corrected chi connectivity index (χ1v) is 9.30. The quantitative estimate of drug-likeness (QED) is 0.425. The topological polar surface area (TPSA) is 42.2 Å². The molecule has 0 spiro atoms. The van der Waals surface area contributed by atoms with Gasteiger partial charge in [-0.25, -0.2) is 9.97 Å². The summed E-state index contributed by atoms with van der Waals surface area (Å²) in [4.78, 5) is 9.69. The number of rotatable bonds is 2. The molecule has 3 aromatic heterocycles. The van der Waals surface area contributed by atoms with E-state index in [0.717, 1.165) is 37.3 Å². The van der Waals surface area contributed by atoms with Gasteiger partial charge in [-0.15, -0.1) is 0 Å². The van der Waals surface area contributed by atoms with Crippen molar-refractivity contribution in [3.8, 4) is 11.4 Å². The average Bonchev–Trinajstić information content (AvgIpc) is 2.91. The van der Waals surface area contributed by atoms with Gasteiger partial charge in [0, 0.05) is 20.7 Å². The lowest BCUT2D eigenvalue weighted by Gasteiger charge is -2.22. The highest BCUT2D eigenvalue weighted by atomic mass is 127. The molecular formula is C20H19IN4. The molecule has 0 unspecified atom stereocenters. The Balaban J connectivity index is 1.96. The second-order valence-electron chi connectivity index (χ2n) is 7.15. The molecule has 25 heavy (non-hydrogen) atoms. The molecule has 0 radical (unpaired) electrons. The highest BCUT2D eigenvalue weighted by Gasteiger charge is 2.20. The first kappa shape index (κ1) is 16.3. The molecule has 0 bridgehead atoms. The van der Waals surface area contributed by atoms with Gasteiger partial charge in [0.15, 0.2) is 0 Å². The Morgan fingerprint density at radius 2 is 1.76 bits per heavy atom. The molecule has 0 atom stereocenters. The minimum absolute atomic E-state index is 0.0805. The summed E-state index contributed by atoms with van der Waals surface area (Å²) in [6.07, 6.45) is 2.10. The summed E-state index contributed by atoms with van der Waals surface area (Å²) in [5.74, 6) is 0.976. The number of aromatic nitrogens is 3. The Labute approximate surface area is 160 Å². The number of nitrogens with one attached hydrogen (secondary N) is 1. The number of nitrogens with zero attached hydrogens (tertiary/aromatic N) is 3. The van der Waals surface area contributed by atoms with Crippen molar-refractivity contribution in [1.82, 2.24) is 14.4 Å². The number of anilines is 1. The zero-order valence-electron chi connectivity index (χ0n) is 14.4. The summed E-state index contributed by atoms with van der Waals surface area (Å²) in [6.45, 7) is 6.45. The molecule has 0 saturated carbocycles. The van der Waals surface area contributed by atoms with Gasteiger partial charge in [-0.3, -0.25) is 4.40 Å². The van der Waals surface area contributed by atoms with Crippen molar-refractivity contribution in [1.29, 1.82) is 0 Å². The van der Waals surface area contributed by atoms with Crippen molar-refractivity contribution in [2.24, 2.45) is 0 Å². The number of pyridine rings is 2. The van der Waals surface area contributed by atoms with E-state index in [9.17, 15) is 0 Å². The first-order chi connectivity index (χ1) is 11.9. The number of benzene rings is 1. The third-order valence-electron chi connectivity index (χ3n) is 3.92. The molecule has 5 heteroatoms. The van der Waals surface area contributed by atoms with Crippen molar-refractivity contribution in [3.63, 3.8) is 0 Å². The normalized spacial score (nSPS) is 12.0. The minimum atomic E-state index is -0.0805. The Hall–Kier alpha value is -2.15. The number of fused-ring (bicyclic) bond motifs is 2. The van der Waals surface area contributed by atoms with E-state index in [4.69, 9.17) is 9.97 Å².